The van der Waals surface area contributed by atoms with Gasteiger partial charge in [0.1, 0.15) is 0 Å². The molecule has 24 heavy (non-hydrogen) atoms. The molecule has 1 heterocycles. The second kappa shape index (κ2) is 6.71. The number of hydrogen-bond acceptors (Lipinski definition) is 2. The molecule has 0 saturated heterocycles. The van der Waals surface area contributed by atoms with Gasteiger partial charge in [-0.15, -0.1) is 0 Å². The Hall–Kier alpha value is -2.88. The van der Waals surface area contributed by atoms with Crippen LogP contribution in [0.1, 0.15) is 30.0 Å². The molecule has 0 radical (unpaired) electrons. The third-order valence-electron chi connectivity index (χ3n) is 4.24. The molecule has 0 bridgehead atoms. The largest absolute Gasteiger partial charge is 0.481 e. The molecular weight excluding hydrogens is 302 g/mol. The van der Waals surface area contributed by atoms with Gasteiger partial charge >= 0.3 is 5.97 Å². The average Bonchev–Trinajstić information content (AvgIpc) is 2.72. The van der Waals surface area contributed by atoms with Gasteiger partial charge in [0.2, 0.25) is 0 Å². The lowest BCUT2D eigenvalue weighted by Gasteiger charge is -2.25. The fraction of sp³-hybridized carbons (Fsp3) is 0.200. The highest BCUT2D eigenvalue weighted by molar-refractivity contribution is 6.11. The van der Waals surface area contributed by atoms with Crippen LogP contribution in [0.25, 0.3) is 6.08 Å². The number of benzene rings is 2. The fourth-order valence-corrected chi connectivity index (χ4v) is 3.04. The van der Waals surface area contributed by atoms with Crippen molar-refractivity contribution in [3.8, 4) is 0 Å². The van der Waals surface area contributed by atoms with Crippen molar-refractivity contribution >= 4 is 23.6 Å². The molecule has 0 aromatic heterocycles. The van der Waals surface area contributed by atoms with E-state index in [1.807, 2.05) is 55.5 Å². The Labute approximate surface area is 141 Å². The van der Waals surface area contributed by atoms with Gasteiger partial charge in [0.25, 0.3) is 5.91 Å². The van der Waals surface area contributed by atoms with Crippen LogP contribution in [-0.2, 0) is 22.6 Å². The van der Waals surface area contributed by atoms with Crippen LogP contribution in [0.15, 0.2) is 54.1 Å². The minimum Gasteiger partial charge on any atom is -0.481 e. The molecule has 4 heteroatoms. The van der Waals surface area contributed by atoms with Gasteiger partial charge in [-0.05, 0) is 35.3 Å². The summed E-state index contributed by atoms with van der Waals surface area (Å²) in [4.78, 5) is 25.9. The van der Waals surface area contributed by atoms with Gasteiger partial charge in [-0.25, -0.2) is 0 Å². The van der Waals surface area contributed by atoms with Crippen molar-refractivity contribution in [2.75, 3.05) is 4.90 Å². The molecule has 4 nitrogen and oxygen atoms in total. The Balaban J connectivity index is 2.12. The van der Waals surface area contributed by atoms with E-state index in [-0.39, 0.29) is 12.3 Å². The number of carboxylic acids is 1. The Morgan fingerprint density at radius 1 is 1.12 bits per heavy atom. The highest BCUT2D eigenvalue weighted by atomic mass is 16.4. The van der Waals surface area contributed by atoms with Crippen molar-refractivity contribution in [1.29, 1.82) is 0 Å². The number of aryl methyl sites for hydroxylation is 1. The van der Waals surface area contributed by atoms with Crippen molar-refractivity contribution in [1.82, 2.24) is 0 Å². The predicted octanol–water partition coefficient (Wildman–Crippen LogP) is 3.65. The van der Waals surface area contributed by atoms with E-state index in [2.05, 4.69) is 0 Å². The highest BCUT2D eigenvalue weighted by Gasteiger charge is 2.26. The van der Waals surface area contributed by atoms with Crippen LogP contribution in [0, 0.1) is 0 Å². The zero-order valence-electron chi connectivity index (χ0n) is 13.5. The van der Waals surface area contributed by atoms with Crippen LogP contribution >= 0.6 is 0 Å². The SMILES string of the molecule is CCc1ccccc1N1Cc2ccccc2C=C(CC(=O)O)C1=O. The first kappa shape index (κ1) is 16.0. The van der Waals surface area contributed by atoms with Crippen LogP contribution in [-0.4, -0.2) is 17.0 Å². The summed E-state index contributed by atoms with van der Waals surface area (Å²) in [6, 6.07) is 15.5. The second-order valence-corrected chi connectivity index (χ2v) is 5.81. The Morgan fingerprint density at radius 2 is 1.83 bits per heavy atom. The number of carbonyl (C=O) groups is 2. The summed E-state index contributed by atoms with van der Waals surface area (Å²) < 4.78 is 0. The van der Waals surface area contributed by atoms with Gasteiger partial charge in [-0.2, -0.15) is 0 Å². The molecule has 0 unspecified atom stereocenters. The molecule has 1 amide bonds. The maximum Gasteiger partial charge on any atom is 0.308 e. The van der Waals surface area contributed by atoms with Crippen molar-refractivity contribution in [3.05, 3.63) is 70.8 Å². The number of fused-ring (bicyclic) bond motifs is 1. The molecule has 1 aliphatic rings. The van der Waals surface area contributed by atoms with E-state index in [4.69, 9.17) is 5.11 Å². The van der Waals surface area contributed by atoms with E-state index in [1.54, 1.807) is 11.0 Å². The third-order valence-corrected chi connectivity index (χ3v) is 4.24. The van der Waals surface area contributed by atoms with Crippen molar-refractivity contribution in [3.63, 3.8) is 0 Å². The van der Waals surface area contributed by atoms with Crippen LogP contribution in [0.3, 0.4) is 0 Å². The van der Waals surface area contributed by atoms with Crippen LogP contribution < -0.4 is 4.90 Å². The molecule has 2 aromatic rings. The zero-order chi connectivity index (χ0) is 17.1. The molecule has 0 fully saturated rings. The van der Waals surface area contributed by atoms with E-state index in [9.17, 15) is 9.59 Å². The molecule has 0 spiro atoms. The Bertz CT molecular complexity index is 823. The minimum atomic E-state index is -1.00. The topological polar surface area (TPSA) is 57.6 Å². The second-order valence-electron chi connectivity index (χ2n) is 5.81. The van der Waals surface area contributed by atoms with E-state index in [1.165, 1.54) is 0 Å². The smallest absolute Gasteiger partial charge is 0.308 e. The summed E-state index contributed by atoms with van der Waals surface area (Å²) in [6.45, 7) is 2.48. The van der Waals surface area contributed by atoms with Crippen molar-refractivity contribution in [2.24, 2.45) is 0 Å². The Kier molecular flexibility index (Phi) is 4.47. The average molecular weight is 321 g/mol. The van der Waals surface area contributed by atoms with Gasteiger partial charge in [-0.1, -0.05) is 49.4 Å². The normalized spacial score (nSPS) is 14.0. The summed E-state index contributed by atoms with van der Waals surface area (Å²) in [6.07, 6.45) is 2.23. The maximum atomic E-state index is 13.0. The van der Waals surface area contributed by atoms with Gasteiger partial charge in [-0.3, -0.25) is 9.59 Å². The molecule has 0 saturated carbocycles. The van der Waals surface area contributed by atoms with E-state index in [0.29, 0.717) is 12.1 Å². The van der Waals surface area contributed by atoms with Crippen molar-refractivity contribution in [2.45, 2.75) is 26.3 Å². The molecule has 2 aromatic carbocycles. The fourth-order valence-electron chi connectivity index (χ4n) is 3.04. The van der Waals surface area contributed by atoms with Crippen LogP contribution in [0.2, 0.25) is 0 Å². The lowest BCUT2D eigenvalue weighted by atomic mass is 10.0. The monoisotopic (exact) mass is 321 g/mol. The predicted molar refractivity (Wildman–Crippen MR) is 93.7 cm³/mol. The number of carboxylic acid groups (broad SMARTS) is 1. The number of para-hydroxylation sites is 1. The number of amides is 1. The van der Waals surface area contributed by atoms with E-state index in [0.717, 1.165) is 28.8 Å². The lowest BCUT2D eigenvalue weighted by Crippen LogP contribution is -2.32. The van der Waals surface area contributed by atoms with Crippen LogP contribution in [0.4, 0.5) is 5.69 Å². The molecular formula is C20H19NO3. The number of rotatable bonds is 4. The summed E-state index contributed by atoms with van der Waals surface area (Å²) in [5.74, 6) is -1.24. The number of anilines is 1. The molecule has 1 N–H and O–H groups in total. The summed E-state index contributed by atoms with van der Waals surface area (Å²) >= 11 is 0. The maximum absolute atomic E-state index is 13.0. The molecule has 0 aliphatic carbocycles. The highest BCUT2D eigenvalue weighted by Crippen LogP contribution is 2.30. The summed E-state index contributed by atoms with van der Waals surface area (Å²) in [5.41, 5.74) is 4.13. The quantitative estimate of drug-likeness (QED) is 0.935. The van der Waals surface area contributed by atoms with Gasteiger partial charge < -0.3 is 10.0 Å². The van der Waals surface area contributed by atoms with Crippen molar-refractivity contribution < 1.29 is 14.7 Å². The number of nitrogens with zero attached hydrogens (tertiary/aromatic N) is 1. The summed E-state index contributed by atoms with van der Waals surface area (Å²) in [5, 5.41) is 9.17. The molecule has 0 atom stereocenters. The van der Waals surface area contributed by atoms with Crippen LogP contribution in [0.5, 0.6) is 0 Å². The zero-order valence-corrected chi connectivity index (χ0v) is 13.5. The van der Waals surface area contributed by atoms with E-state index >= 15 is 0 Å². The van der Waals surface area contributed by atoms with Gasteiger partial charge in [0, 0.05) is 11.3 Å². The number of carbonyl (C=O) groups excluding carboxylic acids is 1. The standard InChI is InChI=1S/C20H19NO3/c1-2-14-7-5-6-10-18(14)21-13-16-9-4-3-8-15(16)11-17(20(21)24)12-19(22)23/h3-11H,2,12-13H2,1H3,(H,22,23). The molecule has 3 rings (SSSR count). The van der Waals surface area contributed by atoms with E-state index < -0.39 is 5.97 Å². The lowest BCUT2D eigenvalue weighted by molar-refractivity contribution is -0.136. The number of aliphatic carboxylic acids is 1. The van der Waals surface area contributed by atoms with Gasteiger partial charge in [0.15, 0.2) is 0 Å². The first-order valence-electron chi connectivity index (χ1n) is 8.00. The van der Waals surface area contributed by atoms with Gasteiger partial charge in [0.05, 0.1) is 13.0 Å². The Morgan fingerprint density at radius 3 is 2.58 bits per heavy atom. The molecule has 122 valence electrons. The number of hydrogen-bond donors (Lipinski definition) is 1. The first-order valence-corrected chi connectivity index (χ1v) is 8.00. The first-order chi connectivity index (χ1) is 11.6. The third kappa shape index (κ3) is 3.08. The minimum absolute atomic E-state index is 0.241. The summed E-state index contributed by atoms with van der Waals surface area (Å²) in [7, 11) is 0. The molecule has 1 aliphatic heterocycles.